The Balaban J connectivity index is 2.04. The summed E-state index contributed by atoms with van der Waals surface area (Å²) in [6.07, 6.45) is 6.02. The van der Waals surface area contributed by atoms with Gasteiger partial charge in [-0.25, -0.2) is 4.79 Å². The van der Waals surface area contributed by atoms with Crippen LogP contribution in [-0.2, 0) is 4.79 Å². The second-order valence-corrected chi connectivity index (χ2v) is 5.49. The second-order valence-electron chi connectivity index (χ2n) is 5.49. The SMILES string of the molecule is CCCN(CC1CC1)C(=O)c1ccc(C=CC(=O)O)cc1. The number of benzene rings is 1. The minimum atomic E-state index is -0.978. The first-order valence-electron chi connectivity index (χ1n) is 7.40. The smallest absolute Gasteiger partial charge is 0.328 e. The van der Waals surface area contributed by atoms with Gasteiger partial charge in [0.1, 0.15) is 0 Å². The molecule has 1 fully saturated rings. The van der Waals surface area contributed by atoms with Gasteiger partial charge in [0.05, 0.1) is 0 Å². The van der Waals surface area contributed by atoms with Crippen LogP contribution in [0, 0.1) is 5.92 Å². The number of carbonyl (C=O) groups excluding carboxylic acids is 1. The van der Waals surface area contributed by atoms with Gasteiger partial charge in [0.2, 0.25) is 0 Å². The minimum absolute atomic E-state index is 0.0671. The molecule has 1 amide bonds. The summed E-state index contributed by atoms with van der Waals surface area (Å²) in [5, 5.41) is 8.59. The molecule has 4 nitrogen and oxygen atoms in total. The number of carboxylic acids is 1. The summed E-state index contributed by atoms with van der Waals surface area (Å²) in [6.45, 7) is 3.72. The van der Waals surface area contributed by atoms with E-state index in [0.29, 0.717) is 11.5 Å². The van der Waals surface area contributed by atoms with Crippen LogP contribution in [0.2, 0.25) is 0 Å². The van der Waals surface area contributed by atoms with Crippen LogP contribution in [0.25, 0.3) is 6.08 Å². The Kier molecular flexibility index (Phi) is 5.14. The molecule has 0 radical (unpaired) electrons. The van der Waals surface area contributed by atoms with Gasteiger partial charge in [0.15, 0.2) is 0 Å². The number of carbonyl (C=O) groups is 2. The zero-order valence-electron chi connectivity index (χ0n) is 12.3. The highest BCUT2D eigenvalue weighted by Crippen LogP contribution is 2.30. The molecule has 1 aliphatic rings. The Bertz CT molecular complexity index is 529. The molecule has 0 unspecified atom stereocenters. The number of nitrogens with zero attached hydrogens (tertiary/aromatic N) is 1. The number of carboxylic acid groups (broad SMARTS) is 1. The van der Waals surface area contributed by atoms with Crippen molar-refractivity contribution >= 4 is 18.0 Å². The monoisotopic (exact) mass is 287 g/mol. The fraction of sp³-hybridized carbons (Fsp3) is 0.412. The van der Waals surface area contributed by atoms with Gasteiger partial charge < -0.3 is 10.0 Å². The topological polar surface area (TPSA) is 57.6 Å². The Morgan fingerprint density at radius 2 is 1.95 bits per heavy atom. The molecule has 4 heteroatoms. The molecule has 0 aromatic heterocycles. The lowest BCUT2D eigenvalue weighted by molar-refractivity contribution is -0.131. The van der Waals surface area contributed by atoms with E-state index in [1.54, 1.807) is 24.3 Å². The van der Waals surface area contributed by atoms with Crippen molar-refractivity contribution in [2.24, 2.45) is 5.92 Å². The lowest BCUT2D eigenvalue weighted by Gasteiger charge is -2.22. The van der Waals surface area contributed by atoms with Gasteiger partial charge in [0, 0.05) is 24.7 Å². The molecular weight excluding hydrogens is 266 g/mol. The van der Waals surface area contributed by atoms with Crippen molar-refractivity contribution in [2.45, 2.75) is 26.2 Å². The zero-order valence-corrected chi connectivity index (χ0v) is 12.3. The normalized spacial score (nSPS) is 14.3. The zero-order chi connectivity index (χ0) is 15.2. The first-order chi connectivity index (χ1) is 10.1. The van der Waals surface area contributed by atoms with Crippen molar-refractivity contribution < 1.29 is 14.7 Å². The lowest BCUT2D eigenvalue weighted by Crippen LogP contribution is -2.33. The minimum Gasteiger partial charge on any atom is -0.478 e. The van der Waals surface area contributed by atoms with Crippen LogP contribution in [0.3, 0.4) is 0 Å². The maximum absolute atomic E-state index is 12.5. The van der Waals surface area contributed by atoms with Crippen molar-refractivity contribution in [3.8, 4) is 0 Å². The summed E-state index contributed by atoms with van der Waals surface area (Å²) in [6, 6.07) is 7.07. The van der Waals surface area contributed by atoms with Gasteiger partial charge in [-0.05, 0) is 49.0 Å². The molecule has 1 aromatic rings. The van der Waals surface area contributed by atoms with Crippen LogP contribution >= 0.6 is 0 Å². The van der Waals surface area contributed by atoms with Crippen LogP contribution in [0.4, 0.5) is 0 Å². The highest BCUT2D eigenvalue weighted by atomic mass is 16.4. The summed E-state index contributed by atoms with van der Waals surface area (Å²) in [5.74, 6) is -0.232. The molecule has 1 aromatic carbocycles. The van der Waals surface area contributed by atoms with Crippen molar-refractivity contribution in [1.29, 1.82) is 0 Å². The van der Waals surface area contributed by atoms with E-state index in [0.717, 1.165) is 31.1 Å². The Hall–Kier alpha value is -2.10. The third kappa shape index (κ3) is 4.74. The Morgan fingerprint density at radius 3 is 2.48 bits per heavy atom. The number of hydrogen-bond donors (Lipinski definition) is 1. The van der Waals surface area contributed by atoms with Crippen molar-refractivity contribution in [2.75, 3.05) is 13.1 Å². The maximum Gasteiger partial charge on any atom is 0.328 e. The second kappa shape index (κ2) is 7.07. The molecule has 21 heavy (non-hydrogen) atoms. The Labute approximate surface area is 125 Å². The van der Waals surface area contributed by atoms with E-state index in [1.165, 1.54) is 18.9 Å². The predicted octanol–water partition coefficient (Wildman–Crippen LogP) is 3.05. The average Bonchev–Trinajstić information content (AvgIpc) is 3.28. The van der Waals surface area contributed by atoms with E-state index < -0.39 is 5.97 Å². The summed E-state index contributed by atoms with van der Waals surface area (Å²) in [7, 11) is 0. The van der Waals surface area contributed by atoms with E-state index in [1.807, 2.05) is 4.90 Å². The van der Waals surface area contributed by atoms with Gasteiger partial charge in [-0.15, -0.1) is 0 Å². The Morgan fingerprint density at radius 1 is 1.29 bits per heavy atom. The summed E-state index contributed by atoms with van der Waals surface area (Å²) in [4.78, 5) is 24.9. The molecule has 1 saturated carbocycles. The molecule has 0 spiro atoms. The maximum atomic E-state index is 12.5. The molecule has 0 atom stereocenters. The molecular formula is C17H21NO3. The standard InChI is InChI=1S/C17H21NO3/c1-2-11-18(12-14-3-4-14)17(21)15-8-5-13(6-9-15)7-10-16(19)20/h5-10,14H,2-4,11-12H2,1H3,(H,19,20). The number of rotatable bonds is 7. The van der Waals surface area contributed by atoms with E-state index in [-0.39, 0.29) is 5.91 Å². The van der Waals surface area contributed by atoms with E-state index >= 15 is 0 Å². The van der Waals surface area contributed by atoms with Crippen LogP contribution in [0.15, 0.2) is 30.3 Å². The molecule has 1 N–H and O–H groups in total. The van der Waals surface area contributed by atoms with Gasteiger partial charge in [-0.2, -0.15) is 0 Å². The third-order valence-electron chi connectivity index (χ3n) is 3.53. The van der Waals surface area contributed by atoms with Crippen LogP contribution in [0.1, 0.15) is 42.1 Å². The molecule has 1 aliphatic carbocycles. The van der Waals surface area contributed by atoms with Crippen molar-refractivity contribution in [3.05, 3.63) is 41.5 Å². The molecule has 0 heterocycles. The predicted molar refractivity (Wildman–Crippen MR) is 82.0 cm³/mol. The van der Waals surface area contributed by atoms with Gasteiger partial charge in [0.25, 0.3) is 5.91 Å². The number of hydrogen-bond acceptors (Lipinski definition) is 2. The van der Waals surface area contributed by atoms with Crippen LogP contribution in [0.5, 0.6) is 0 Å². The summed E-state index contributed by atoms with van der Waals surface area (Å²) < 4.78 is 0. The largest absolute Gasteiger partial charge is 0.478 e. The van der Waals surface area contributed by atoms with Crippen LogP contribution < -0.4 is 0 Å². The van der Waals surface area contributed by atoms with Crippen molar-refractivity contribution in [3.63, 3.8) is 0 Å². The third-order valence-corrected chi connectivity index (χ3v) is 3.53. The van der Waals surface area contributed by atoms with Crippen molar-refractivity contribution in [1.82, 2.24) is 4.90 Å². The fourth-order valence-corrected chi connectivity index (χ4v) is 2.24. The highest BCUT2D eigenvalue weighted by Gasteiger charge is 2.26. The number of amides is 1. The summed E-state index contributed by atoms with van der Waals surface area (Å²) in [5.41, 5.74) is 1.44. The first kappa shape index (κ1) is 15.3. The highest BCUT2D eigenvalue weighted by molar-refractivity contribution is 5.94. The van der Waals surface area contributed by atoms with E-state index in [4.69, 9.17) is 5.11 Å². The lowest BCUT2D eigenvalue weighted by atomic mass is 10.1. The molecule has 0 saturated heterocycles. The van der Waals surface area contributed by atoms with E-state index in [2.05, 4.69) is 6.92 Å². The van der Waals surface area contributed by atoms with Gasteiger partial charge in [-0.3, -0.25) is 4.79 Å². The van der Waals surface area contributed by atoms with Gasteiger partial charge >= 0.3 is 5.97 Å². The molecule has 2 rings (SSSR count). The molecule has 0 aliphatic heterocycles. The first-order valence-corrected chi connectivity index (χ1v) is 7.40. The quantitative estimate of drug-likeness (QED) is 0.784. The summed E-state index contributed by atoms with van der Waals surface area (Å²) >= 11 is 0. The van der Waals surface area contributed by atoms with E-state index in [9.17, 15) is 9.59 Å². The van der Waals surface area contributed by atoms with Gasteiger partial charge in [-0.1, -0.05) is 19.1 Å². The molecule has 112 valence electrons. The fourth-order valence-electron chi connectivity index (χ4n) is 2.24. The van der Waals surface area contributed by atoms with Crippen LogP contribution in [-0.4, -0.2) is 35.0 Å². The number of aliphatic carboxylic acids is 1. The molecule has 0 bridgehead atoms. The average molecular weight is 287 g/mol.